The first-order valence-electron chi connectivity index (χ1n) is 15.7. The van der Waals surface area contributed by atoms with Gasteiger partial charge in [-0.3, -0.25) is 19.2 Å². The van der Waals surface area contributed by atoms with Gasteiger partial charge in [0, 0.05) is 24.0 Å². The molecule has 1 aromatic rings. The van der Waals surface area contributed by atoms with Crippen molar-refractivity contribution in [3.63, 3.8) is 0 Å². The lowest BCUT2D eigenvalue weighted by Crippen LogP contribution is -2.43. The van der Waals surface area contributed by atoms with Gasteiger partial charge >= 0.3 is 0 Å². The average molecular weight is 559 g/mol. The summed E-state index contributed by atoms with van der Waals surface area (Å²) in [6.07, 6.45) is 20.8. The van der Waals surface area contributed by atoms with E-state index in [1.807, 2.05) is 0 Å². The van der Waals surface area contributed by atoms with Crippen LogP contribution in [-0.2, 0) is 9.59 Å². The molecule has 4 N–H and O–H groups in total. The number of hydrogen-bond donors (Lipinski definition) is 2. The van der Waals surface area contributed by atoms with Crippen LogP contribution in [0, 0.1) is 0 Å². The molecule has 1 aromatic carbocycles. The SMILES string of the molecule is CCCCCCCCCCCC(=O)N(N)C(=O)c1ccc(C(=O)N(N)C(=O)CCCCCCCCCCC)cc1. The molecule has 40 heavy (non-hydrogen) atoms. The van der Waals surface area contributed by atoms with E-state index in [0.717, 1.165) is 25.7 Å². The lowest BCUT2D eigenvalue weighted by molar-refractivity contribution is -0.129. The summed E-state index contributed by atoms with van der Waals surface area (Å²) in [5.74, 6) is 9.45. The second-order valence-corrected chi connectivity index (χ2v) is 10.9. The van der Waals surface area contributed by atoms with Gasteiger partial charge < -0.3 is 0 Å². The molecule has 0 aliphatic heterocycles. The van der Waals surface area contributed by atoms with Crippen molar-refractivity contribution >= 4 is 23.6 Å². The zero-order valence-electron chi connectivity index (χ0n) is 25.1. The van der Waals surface area contributed by atoms with Crippen molar-refractivity contribution in [1.82, 2.24) is 10.0 Å². The van der Waals surface area contributed by atoms with Crippen molar-refractivity contribution in [2.45, 2.75) is 142 Å². The molecular formula is C32H54N4O4. The summed E-state index contributed by atoms with van der Waals surface area (Å²) in [6.45, 7) is 4.41. The van der Waals surface area contributed by atoms with Gasteiger partial charge in [0.05, 0.1) is 0 Å². The molecule has 4 amide bonds. The number of carbonyl (C=O) groups excluding carboxylic acids is 4. The van der Waals surface area contributed by atoms with Crippen molar-refractivity contribution in [3.8, 4) is 0 Å². The number of amides is 4. The number of hydrogen-bond acceptors (Lipinski definition) is 6. The minimum atomic E-state index is -0.633. The van der Waals surface area contributed by atoms with Crippen LogP contribution in [0.15, 0.2) is 24.3 Å². The Morgan fingerprint density at radius 2 is 0.725 bits per heavy atom. The smallest absolute Gasteiger partial charge is 0.273 e. The van der Waals surface area contributed by atoms with Crippen molar-refractivity contribution in [3.05, 3.63) is 35.4 Å². The molecule has 0 bridgehead atoms. The molecule has 8 nitrogen and oxygen atoms in total. The first kappa shape index (κ1) is 35.4. The molecule has 0 aliphatic rings. The zero-order chi connectivity index (χ0) is 29.6. The fourth-order valence-electron chi connectivity index (χ4n) is 4.67. The van der Waals surface area contributed by atoms with Gasteiger partial charge in [-0.05, 0) is 37.1 Å². The molecule has 0 aromatic heterocycles. The number of unbranched alkanes of at least 4 members (excludes halogenated alkanes) is 16. The maximum atomic E-state index is 12.6. The van der Waals surface area contributed by atoms with Gasteiger partial charge in [0.1, 0.15) is 0 Å². The lowest BCUT2D eigenvalue weighted by Gasteiger charge is -2.16. The molecule has 0 aliphatic carbocycles. The van der Waals surface area contributed by atoms with E-state index in [2.05, 4.69) is 13.8 Å². The maximum Gasteiger partial charge on any atom is 0.274 e. The number of imide groups is 2. The molecule has 0 heterocycles. The van der Waals surface area contributed by atoms with E-state index in [1.54, 1.807) is 0 Å². The Kier molecular flexibility index (Phi) is 19.6. The highest BCUT2D eigenvalue weighted by Crippen LogP contribution is 2.14. The summed E-state index contributed by atoms with van der Waals surface area (Å²) in [5, 5.41) is 1.29. The number of nitrogens with zero attached hydrogens (tertiary/aromatic N) is 2. The summed E-state index contributed by atoms with van der Waals surface area (Å²) < 4.78 is 0. The van der Waals surface area contributed by atoms with E-state index >= 15 is 0 Å². The third-order valence-corrected chi connectivity index (χ3v) is 7.34. The first-order valence-corrected chi connectivity index (χ1v) is 15.7. The summed E-state index contributed by atoms with van der Waals surface area (Å²) in [6, 6.07) is 5.67. The van der Waals surface area contributed by atoms with Crippen LogP contribution in [0.2, 0.25) is 0 Å². The van der Waals surface area contributed by atoms with E-state index in [4.69, 9.17) is 11.7 Å². The molecule has 0 spiro atoms. The van der Waals surface area contributed by atoms with Gasteiger partial charge in [-0.2, -0.15) is 0 Å². The third kappa shape index (κ3) is 14.7. The fraction of sp³-hybridized carbons (Fsp3) is 0.688. The highest BCUT2D eigenvalue weighted by atomic mass is 16.2. The molecule has 0 saturated heterocycles. The van der Waals surface area contributed by atoms with Crippen LogP contribution < -0.4 is 11.7 Å². The molecule has 1 rings (SSSR count). The number of benzene rings is 1. The molecule has 0 atom stereocenters. The Balaban J connectivity index is 2.36. The monoisotopic (exact) mass is 558 g/mol. The van der Waals surface area contributed by atoms with E-state index in [9.17, 15) is 19.2 Å². The van der Waals surface area contributed by atoms with Crippen molar-refractivity contribution in [1.29, 1.82) is 0 Å². The first-order chi connectivity index (χ1) is 19.3. The van der Waals surface area contributed by atoms with E-state index in [1.165, 1.54) is 101 Å². The number of rotatable bonds is 22. The van der Waals surface area contributed by atoms with Crippen LogP contribution in [0.1, 0.15) is 163 Å². The normalized spacial score (nSPS) is 10.9. The zero-order valence-corrected chi connectivity index (χ0v) is 25.1. The molecule has 0 fully saturated rings. The summed E-state index contributed by atoms with van der Waals surface area (Å²) in [5.41, 5.74) is 0.369. The summed E-state index contributed by atoms with van der Waals surface area (Å²) in [7, 11) is 0. The van der Waals surface area contributed by atoms with Crippen LogP contribution in [-0.4, -0.2) is 33.6 Å². The molecule has 0 unspecified atom stereocenters. The molecule has 0 radical (unpaired) electrons. The Labute approximate surface area is 242 Å². The Morgan fingerprint density at radius 3 is 1.00 bits per heavy atom. The Hall–Kier alpha value is -2.58. The Bertz CT molecular complexity index is 801. The molecule has 8 heteroatoms. The lowest BCUT2D eigenvalue weighted by atomic mass is 10.1. The standard InChI is InChI=1S/C32H54N4O4/c1-3-5-7-9-11-13-15-17-19-21-29(37)35(33)31(39)27-23-25-28(26-24-27)32(40)36(34)30(38)22-20-18-16-14-12-10-8-6-4-2/h23-26H,3-22,33-34H2,1-2H3. The second-order valence-electron chi connectivity index (χ2n) is 10.9. The van der Waals surface area contributed by atoms with Crippen LogP contribution >= 0.6 is 0 Å². The number of hydrazine groups is 2. The average Bonchev–Trinajstić information content (AvgIpc) is 2.97. The van der Waals surface area contributed by atoms with Gasteiger partial charge in [-0.25, -0.2) is 21.7 Å². The summed E-state index contributed by atoms with van der Waals surface area (Å²) in [4.78, 5) is 50.0. The Morgan fingerprint density at radius 1 is 0.475 bits per heavy atom. The van der Waals surface area contributed by atoms with Crippen molar-refractivity contribution < 1.29 is 19.2 Å². The van der Waals surface area contributed by atoms with Gasteiger partial charge in [-0.15, -0.1) is 0 Å². The van der Waals surface area contributed by atoms with Crippen LogP contribution in [0.3, 0.4) is 0 Å². The van der Waals surface area contributed by atoms with Gasteiger partial charge in [0.2, 0.25) is 11.8 Å². The predicted molar refractivity (Wildman–Crippen MR) is 161 cm³/mol. The number of carbonyl (C=O) groups is 4. The van der Waals surface area contributed by atoms with Gasteiger partial charge in [0.15, 0.2) is 0 Å². The predicted octanol–water partition coefficient (Wildman–Crippen LogP) is 7.21. The maximum absolute atomic E-state index is 12.6. The van der Waals surface area contributed by atoms with Crippen LogP contribution in [0.25, 0.3) is 0 Å². The minimum absolute atomic E-state index is 0.184. The quantitative estimate of drug-likeness (QED) is 0.0670. The molecule has 0 saturated carbocycles. The van der Waals surface area contributed by atoms with Gasteiger partial charge in [-0.1, -0.05) is 117 Å². The van der Waals surface area contributed by atoms with Crippen molar-refractivity contribution in [2.75, 3.05) is 0 Å². The van der Waals surface area contributed by atoms with E-state index in [-0.39, 0.29) is 24.0 Å². The molecule has 226 valence electrons. The van der Waals surface area contributed by atoms with E-state index in [0.29, 0.717) is 22.9 Å². The number of nitrogens with two attached hydrogens (primary N) is 2. The highest BCUT2D eigenvalue weighted by Gasteiger charge is 2.22. The summed E-state index contributed by atoms with van der Waals surface area (Å²) >= 11 is 0. The second kappa shape index (κ2) is 22.1. The largest absolute Gasteiger partial charge is 0.274 e. The van der Waals surface area contributed by atoms with Gasteiger partial charge in [0.25, 0.3) is 11.8 Å². The van der Waals surface area contributed by atoms with E-state index < -0.39 is 23.6 Å². The van der Waals surface area contributed by atoms with Crippen molar-refractivity contribution in [2.24, 2.45) is 11.7 Å². The van der Waals surface area contributed by atoms with Crippen LogP contribution in [0.5, 0.6) is 0 Å². The van der Waals surface area contributed by atoms with Crippen LogP contribution in [0.4, 0.5) is 0 Å². The minimum Gasteiger partial charge on any atom is -0.273 e. The third-order valence-electron chi connectivity index (χ3n) is 7.34. The topological polar surface area (TPSA) is 127 Å². The highest BCUT2D eigenvalue weighted by molar-refractivity contribution is 6.06. The molecular weight excluding hydrogens is 504 g/mol. The fourth-order valence-corrected chi connectivity index (χ4v) is 4.67.